The molecule has 4 nitrogen and oxygen atoms in total. The topological polar surface area (TPSA) is 65.8 Å². The normalized spacial score (nSPS) is 11.4. The Kier molecular flexibility index (Phi) is 6.26. The molecule has 3 rings (SSSR count). The molecule has 0 aliphatic heterocycles. The van der Waals surface area contributed by atoms with E-state index < -0.39 is 5.91 Å². The van der Waals surface area contributed by atoms with Crippen LogP contribution in [0.4, 0.5) is 5.13 Å². The molecular formula is C24H23N3OS. The Morgan fingerprint density at radius 2 is 1.76 bits per heavy atom. The SMILES string of the molecule is Cc1ccc(-c2nc(NC(=O)C(C#N)=Cc3ccc(C(C)C)cc3)sc2C)cc1. The number of nitrogens with one attached hydrogen (secondary N) is 1. The van der Waals surface area contributed by atoms with Crippen molar-refractivity contribution in [1.82, 2.24) is 4.98 Å². The number of anilines is 1. The molecule has 0 radical (unpaired) electrons. The summed E-state index contributed by atoms with van der Waals surface area (Å²) >= 11 is 1.40. The van der Waals surface area contributed by atoms with Crippen molar-refractivity contribution in [3.63, 3.8) is 0 Å². The Morgan fingerprint density at radius 3 is 2.34 bits per heavy atom. The minimum absolute atomic E-state index is 0.0482. The summed E-state index contributed by atoms with van der Waals surface area (Å²) in [6.07, 6.45) is 1.60. The fourth-order valence-electron chi connectivity index (χ4n) is 2.89. The van der Waals surface area contributed by atoms with E-state index in [0.717, 1.165) is 21.7 Å². The maximum atomic E-state index is 12.6. The zero-order valence-electron chi connectivity index (χ0n) is 17.0. The van der Waals surface area contributed by atoms with Crippen molar-refractivity contribution < 1.29 is 4.79 Å². The van der Waals surface area contributed by atoms with Crippen LogP contribution in [0, 0.1) is 25.2 Å². The van der Waals surface area contributed by atoms with Gasteiger partial charge in [0.25, 0.3) is 5.91 Å². The van der Waals surface area contributed by atoms with Crippen molar-refractivity contribution in [2.24, 2.45) is 0 Å². The molecule has 0 unspecified atom stereocenters. The number of aromatic nitrogens is 1. The maximum Gasteiger partial charge on any atom is 0.268 e. The van der Waals surface area contributed by atoms with Crippen LogP contribution >= 0.6 is 11.3 Å². The van der Waals surface area contributed by atoms with Crippen molar-refractivity contribution in [1.29, 1.82) is 5.26 Å². The molecule has 0 saturated heterocycles. The molecule has 0 saturated carbocycles. The summed E-state index contributed by atoms with van der Waals surface area (Å²) in [7, 11) is 0. The highest BCUT2D eigenvalue weighted by atomic mass is 32.1. The average molecular weight is 402 g/mol. The van der Waals surface area contributed by atoms with E-state index in [1.807, 2.05) is 68.4 Å². The fourth-order valence-corrected chi connectivity index (χ4v) is 3.72. The van der Waals surface area contributed by atoms with Gasteiger partial charge in [0, 0.05) is 10.4 Å². The van der Waals surface area contributed by atoms with Crippen LogP contribution in [0.5, 0.6) is 0 Å². The first-order valence-corrected chi connectivity index (χ1v) is 10.3. The summed E-state index contributed by atoms with van der Waals surface area (Å²) in [6.45, 7) is 8.26. The number of amides is 1. The van der Waals surface area contributed by atoms with Crippen molar-refractivity contribution in [3.05, 3.63) is 75.7 Å². The number of hydrogen-bond acceptors (Lipinski definition) is 4. The Bertz CT molecular complexity index is 1080. The van der Waals surface area contributed by atoms with Crippen LogP contribution in [0.3, 0.4) is 0 Å². The van der Waals surface area contributed by atoms with E-state index in [1.165, 1.54) is 22.5 Å². The number of carbonyl (C=O) groups is 1. The molecule has 0 aliphatic carbocycles. The molecular weight excluding hydrogens is 378 g/mol. The van der Waals surface area contributed by atoms with Crippen LogP contribution in [0.15, 0.2) is 54.1 Å². The van der Waals surface area contributed by atoms with E-state index in [1.54, 1.807) is 6.08 Å². The second-order valence-corrected chi connectivity index (χ2v) is 8.44. The highest BCUT2D eigenvalue weighted by Gasteiger charge is 2.15. The molecule has 1 amide bonds. The molecule has 0 aliphatic rings. The van der Waals surface area contributed by atoms with E-state index in [9.17, 15) is 10.1 Å². The molecule has 0 fully saturated rings. The van der Waals surface area contributed by atoms with E-state index in [-0.39, 0.29) is 5.57 Å². The van der Waals surface area contributed by atoms with Gasteiger partial charge in [-0.3, -0.25) is 10.1 Å². The number of hydrogen-bond donors (Lipinski definition) is 1. The monoisotopic (exact) mass is 401 g/mol. The lowest BCUT2D eigenvalue weighted by Gasteiger charge is -2.05. The molecule has 0 atom stereocenters. The summed E-state index contributed by atoms with van der Waals surface area (Å²) < 4.78 is 0. The summed E-state index contributed by atoms with van der Waals surface area (Å²) in [6, 6.07) is 18.0. The standard InChI is InChI=1S/C24H23N3OS/c1-15(2)19-11-7-18(8-12-19)13-21(14-25)23(28)27-24-26-22(17(4)29-24)20-9-5-16(3)6-10-20/h5-13,15H,1-4H3,(H,26,27,28). The van der Waals surface area contributed by atoms with Gasteiger partial charge in [0.05, 0.1) is 5.69 Å². The lowest BCUT2D eigenvalue weighted by atomic mass is 10.0. The van der Waals surface area contributed by atoms with Gasteiger partial charge in [-0.2, -0.15) is 5.26 Å². The molecule has 5 heteroatoms. The lowest BCUT2D eigenvalue weighted by molar-refractivity contribution is -0.112. The number of aryl methyl sites for hydroxylation is 2. The summed E-state index contributed by atoms with van der Waals surface area (Å²) in [4.78, 5) is 18.2. The highest BCUT2D eigenvalue weighted by molar-refractivity contribution is 7.16. The van der Waals surface area contributed by atoms with Gasteiger partial charge in [0.15, 0.2) is 5.13 Å². The third-order valence-corrected chi connectivity index (χ3v) is 5.51. The second kappa shape index (κ2) is 8.85. The smallest absolute Gasteiger partial charge is 0.268 e. The van der Waals surface area contributed by atoms with Gasteiger partial charge < -0.3 is 0 Å². The molecule has 1 N–H and O–H groups in total. The molecule has 0 spiro atoms. The van der Waals surface area contributed by atoms with Crippen molar-refractivity contribution in [2.45, 2.75) is 33.6 Å². The number of nitrogens with zero attached hydrogens (tertiary/aromatic N) is 2. The van der Waals surface area contributed by atoms with Crippen LogP contribution in [-0.4, -0.2) is 10.9 Å². The third-order valence-electron chi connectivity index (χ3n) is 4.62. The predicted molar refractivity (Wildman–Crippen MR) is 120 cm³/mol. The van der Waals surface area contributed by atoms with Gasteiger partial charge >= 0.3 is 0 Å². The summed E-state index contributed by atoms with van der Waals surface area (Å²) in [5, 5.41) is 12.7. The largest absolute Gasteiger partial charge is 0.297 e. The van der Waals surface area contributed by atoms with Gasteiger partial charge in [-0.25, -0.2) is 4.98 Å². The van der Waals surface area contributed by atoms with Crippen molar-refractivity contribution in [2.75, 3.05) is 5.32 Å². The summed E-state index contributed by atoms with van der Waals surface area (Å²) in [5.41, 5.74) is 5.11. The first-order chi connectivity index (χ1) is 13.9. The average Bonchev–Trinajstić information content (AvgIpc) is 3.06. The van der Waals surface area contributed by atoms with Gasteiger partial charge in [0.1, 0.15) is 11.6 Å². The Balaban J connectivity index is 1.78. The minimum atomic E-state index is -0.454. The highest BCUT2D eigenvalue weighted by Crippen LogP contribution is 2.30. The number of carbonyl (C=O) groups excluding carboxylic acids is 1. The number of rotatable bonds is 5. The predicted octanol–water partition coefficient (Wildman–Crippen LogP) is 6.10. The second-order valence-electron chi connectivity index (χ2n) is 7.24. The maximum absolute atomic E-state index is 12.6. The Hall–Kier alpha value is -3.23. The third kappa shape index (κ3) is 4.98. The van der Waals surface area contributed by atoms with Gasteiger partial charge in [-0.1, -0.05) is 67.9 Å². The zero-order chi connectivity index (χ0) is 21.0. The van der Waals surface area contributed by atoms with Crippen molar-refractivity contribution in [3.8, 4) is 17.3 Å². The van der Waals surface area contributed by atoms with Crippen LogP contribution in [0.25, 0.3) is 17.3 Å². The van der Waals surface area contributed by atoms with Crippen LogP contribution < -0.4 is 5.32 Å². The van der Waals surface area contributed by atoms with Gasteiger partial charge in [-0.15, -0.1) is 11.3 Å². The first-order valence-electron chi connectivity index (χ1n) is 9.45. The number of benzene rings is 2. The molecule has 3 aromatic rings. The van der Waals surface area contributed by atoms with E-state index >= 15 is 0 Å². The van der Waals surface area contributed by atoms with Crippen LogP contribution in [-0.2, 0) is 4.79 Å². The van der Waals surface area contributed by atoms with Crippen LogP contribution in [0.2, 0.25) is 0 Å². The van der Waals surface area contributed by atoms with E-state index in [2.05, 4.69) is 24.1 Å². The first kappa shape index (κ1) is 20.5. The van der Waals surface area contributed by atoms with Crippen molar-refractivity contribution >= 4 is 28.5 Å². The van der Waals surface area contributed by atoms with Gasteiger partial charge in [0.2, 0.25) is 0 Å². The molecule has 146 valence electrons. The van der Waals surface area contributed by atoms with E-state index in [4.69, 9.17) is 0 Å². The number of thiazole rings is 1. The fraction of sp³-hybridized carbons (Fsp3) is 0.208. The number of nitriles is 1. The molecule has 1 aromatic heterocycles. The minimum Gasteiger partial charge on any atom is -0.297 e. The molecule has 29 heavy (non-hydrogen) atoms. The lowest BCUT2D eigenvalue weighted by Crippen LogP contribution is -2.13. The molecule has 0 bridgehead atoms. The van der Waals surface area contributed by atoms with E-state index in [0.29, 0.717) is 11.0 Å². The zero-order valence-corrected chi connectivity index (χ0v) is 17.8. The molecule has 2 aromatic carbocycles. The molecule has 1 heterocycles. The van der Waals surface area contributed by atoms with Gasteiger partial charge in [-0.05, 0) is 37.0 Å². The quantitative estimate of drug-likeness (QED) is 0.415. The van der Waals surface area contributed by atoms with Crippen LogP contribution in [0.1, 0.15) is 41.3 Å². The Morgan fingerprint density at radius 1 is 1.10 bits per heavy atom. The Labute approximate surface area is 175 Å². The summed E-state index contributed by atoms with van der Waals surface area (Å²) in [5.74, 6) is -0.0210.